The van der Waals surface area contributed by atoms with Gasteiger partial charge in [0.05, 0.1) is 11.1 Å². The minimum Gasteiger partial charge on any atom is -0.481 e. The monoisotopic (exact) mass is 555 g/mol. The van der Waals surface area contributed by atoms with Gasteiger partial charge in [-0.25, -0.2) is 4.79 Å². The second kappa shape index (κ2) is 13.7. The summed E-state index contributed by atoms with van der Waals surface area (Å²) in [6.45, 7) is 0. The van der Waals surface area contributed by atoms with Crippen molar-refractivity contribution in [3.63, 3.8) is 0 Å². The summed E-state index contributed by atoms with van der Waals surface area (Å²) in [5.41, 5.74) is -0.958. The van der Waals surface area contributed by atoms with Gasteiger partial charge in [0.25, 0.3) is 0 Å². The van der Waals surface area contributed by atoms with Crippen molar-refractivity contribution in [2.45, 2.75) is 25.2 Å². The molecule has 0 atom stereocenters. The molecule has 0 aliphatic rings. The van der Waals surface area contributed by atoms with Gasteiger partial charge in [-0.3, -0.25) is 4.79 Å². The number of rotatable bonds is 5. The zero-order chi connectivity index (χ0) is 22.9. The van der Waals surface area contributed by atoms with E-state index in [2.05, 4.69) is 0 Å². The van der Waals surface area contributed by atoms with E-state index < -0.39 is 35.4 Å². The Morgan fingerprint density at radius 3 is 1.81 bits per heavy atom. The minimum absolute atomic E-state index is 0. The molecule has 0 aliphatic carbocycles. The van der Waals surface area contributed by atoms with Gasteiger partial charge < -0.3 is 17.6 Å². The summed E-state index contributed by atoms with van der Waals surface area (Å²) >= 11 is 0. The van der Waals surface area contributed by atoms with E-state index in [1.54, 1.807) is 0 Å². The van der Waals surface area contributed by atoms with Gasteiger partial charge in [-0.05, 0) is 41.8 Å². The van der Waals surface area contributed by atoms with Crippen LogP contribution in [-0.2, 0) is 48.8 Å². The molecule has 180 valence electrons. The maximum Gasteiger partial charge on any atom is 0.416 e. The van der Waals surface area contributed by atoms with Gasteiger partial charge in [-0.2, -0.15) is 26.3 Å². The quantitative estimate of drug-likeness (QED) is 0.206. The number of carboxylic acid groups (broad SMARTS) is 2. The molecule has 0 saturated carbocycles. The van der Waals surface area contributed by atoms with Crippen LogP contribution in [0.5, 0.6) is 0 Å². The molecule has 0 spiro atoms. The molecule has 0 aromatic heterocycles. The van der Waals surface area contributed by atoms with Crippen LogP contribution < -0.4 is 0 Å². The molecule has 2 N–H and O–H groups in total. The summed E-state index contributed by atoms with van der Waals surface area (Å²) in [4.78, 5) is 20.4. The van der Waals surface area contributed by atoms with Crippen LogP contribution >= 0.6 is 0 Å². The Bertz CT molecular complexity index is 908. The number of hydrogen-bond donors (Lipinski definition) is 2. The Hall–Kier alpha value is -2.64. The zero-order valence-corrected chi connectivity index (χ0v) is 18.0. The Morgan fingerprint density at radius 2 is 1.34 bits per heavy atom. The molecule has 0 saturated heterocycles. The SMILES string of the molecule is O=C(O)/C=C/c1cccc(C(F)(F)F)c1.O=C(O)CCc1cccc(C(F)(F)F)c1.[CH3-].[Pd]. The first-order valence-corrected chi connectivity index (χ1v) is 8.25. The second-order valence-electron chi connectivity index (χ2n) is 5.89. The first kappa shape index (κ1) is 31.5. The molecular weight excluding hydrogens is 537 g/mol. The molecule has 2 aromatic carbocycles. The van der Waals surface area contributed by atoms with Crippen molar-refractivity contribution in [3.05, 3.63) is 84.3 Å². The molecule has 32 heavy (non-hydrogen) atoms. The number of benzene rings is 2. The van der Waals surface area contributed by atoms with Gasteiger partial charge in [0.2, 0.25) is 0 Å². The topological polar surface area (TPSA) is 74.6 Å². The zero-order valence-electron chi connectivity index (χ0n) is 16.5. The molecule has 0 heterocycles. The van der Waals surface area contributed by atoms with Crippen LogP contribution in [0.2, 0.25) is 0 Å². The molecule has 0 fully saturated rings. The molecule has 2 rings (SSSR count). The van der Waals surface area contributed by atoms with Crippen LogP contribution in [0.3, 0.4) is 0 Å². The Balaban J connectivity index is 0. The van der Waals surface area contributed by atoms with Crippen LogP contribution in [0.15, 0.2) is 54.6 Å². The number of halogens is 6. The number of carbonyl (C=O) groups is 2. The summed E-state index contributed by atoms with van der Waals surface area (Å²) in [7, 11) is 0. The van der Waals surface area contributed by atoms with Crippen molar-refractivity contribution in [3.8, 4) is 0 Å². The van der Waals surface area contributed by atoms with E-state index >= 15 is 0 Å². The van der Waals surface area contributed by atoms with Crippen LogP contribution in [0, 0.1) is 7.43 Å². The summed E-state index contributed by atoms with van der Waals surface area (Å²) in [6.07, 6.45) is -6.94. The molecule has 0 amide bonds. The standard InChI is InChI=1S/C10H9F3O2.C10H7F3O2.CH3.Pd/c2*11-10(12,13)8-3-1-2-7(6-8)4-5-9(14)15;;/h1-3,6H,4-5H2,(H,14,15);1-6H,(H,14,15);1H3;/q;;-1;/b;5-4+;;. The first-order valence-electron chi connectivity index (χ1n) is 8.25. The van der Waals surface area contributed by atoms with Gasteiger partial charge in [-0.1, -0.05) is 30.3 Å². The van der Waals surface area contributed by atoms with E-state index in [-0.39, 0.29) is 46.3 Å². The van der Waals surface area contributed by atoms with Gasteiger partial charge in [-0.15, -0.1) is 0 Å². The number of carboxylic acids is 2. The molecule has 4 nitrogen and oxygen atoms in total. The van der Waals surface area contributed by atoms with E-state index in [0.29, 0.717) is 5.56 Å². The first-order chi connectivity index (χ1) is 13.8. The largest absolute Gasteiger partial charge is 0.481 e. The van der Waals surface area contributed by atoms with Gasteiger partial charge >= 0.3 is 24.3 Å². The molecule has 0 unspecified atom stereocenters. The average molecular weight is 556 g/mol. The molecule has 0 bridgehead atoms. The van der Waals surface area contributed by atoms with Crippen molar-refractivity contribution in [1.82, 2.24) is 0 Å². The van der Waals surface area contributed by atoms with Crippen molar-refractivity contribution in [1.29, 1.82) is 0 Å². The third kappa shape index (κ3) is 12.3. The molecule has 0 radical (unpaired) electrons. The molecule has 0 aliphatic heterocycles. The van der Waals surface area contributed by atoms with Crippen molar-refractivity contribution < 1.29 is 66.6 Å². The van der Waals surface area contributed by atoms with E-state index in [0.717, 1.165) is 36.4 Å². The predicted octanol–water partition coefficient (Wildman–Crippen LogP) is 5.97. The Kier molecular flexibility index (Phi) is 13.5. The Labute approximate surface area is 194 Å². The van der Waals surface area contributed by atoms with E-state index in [4.69, 9.17) is 10.2 Å². The van der Waals surface area contributed by atoms with E-state index in [1.165, 1.54) is 24.3 Å². The number of aryl methyl sites for hydroxylation is 1. The third-order valence-electron chi connectivity index (χ3n) is 3.51. The predicted molar refractivity (Wildman–Crippen MR) is 102 cm³/mol. The average Bonchev–Trinajstić information content (AvgIpc) is 2.64. The van der Waals surface area contributed by atoms with E-state index in [9.17, 15) is 35.9 Å². The summed E-state index contributed by atoms with van der Waals surface area (Å²) in [5, 5.41) is 16.7. The van der Waals surface area contributed by atoms with Gasteiger partial charge in [0.15, 0.2) is 0 Å². The number of hydrogen-bond acceptors (Lipinski definition) is 2. The minimum atomic E-state index is -4.41. The third-order valence-corrected chi connectivity index (χ3v) is 3.51. The Morgan fingerprint density at radius 1 is 0.844 bits per heavy atom. The van der Waals surface area contributed by atoms with Crippen LogP contribution in [0.25, 0.3) is 6.08 Å². The molecular formula is C21H19F6O4Pd-. The van der Waals surface area contributed by atoms with Crippen molar-refractivity contribution >= 4 is 18.0 Å². The fourth-order valence-corrected chi connectivity index (χ4v) is 2.14. The fourth-order valence-electron chi connectivity index (χ4n) is 2.14. The van der Waals surface area contributed by atoms with Crippen molar-refractivity contribution in [2.24, 2.45) is 0 Å². The summed E-state index contributed by atoms with van der Waals surface area (Å²) in [5.74, 6) is -2.22. The van der Waals surface area contributed by atoms with Gasteiger partial charge in [0.1, 0.15) is 0 Å². The summed E-state index contributed by atoms with van der Waals surface area (Å²) < 4.78 is 73.4. The number of alkyl halides is 6. The fraction of sp³-hybridized carbons (Fsp3) is 0.190. The van der Waals surface area contributed by atoms with Crippen LogP contribution in [-0.4, -0.2) is 22.2 Å². The normalized spacial score (nSPS) is 10.9. The van der Waals surface area contributed by atoms with Crippen LogP contribution in [0.4, 0.5) is 26.3 Å². The molecule has 11 heteroatoms. The maximum absolute atomic E-state index is 12.3. The van der Waals surface area contributed by atoms with Gasteiger partial charge in [0, 0.05) is 32.9 Å². The van der Waals surface area contributed by atoms with E-state index in [1.807, 2.05) is 0 Å². The van der Waals surface area contributed by atoms with Crippen molar-refractivity contribution in [2.75, 3.05) is 0 Å². The number of aliphatic carboxylic acids is 2. The van der Waals surface area contributed by atoms with Crippen LogP contribution in [0.1, 0.15) is 28.7 Å². The second-order valence-corrected chi connectivity index (χ2v) is 5.89. The molecule has 2 aromatic rings. The maximum atomic E-state index is 12.3. The summed E-state index contributed by atoms with van der Waals surface area (Å²) in [6, 6.07) is 9.14. The smallest absolute Gasteiger partial charge is 0.416 e.